The Kier molecular flexibility index (Phi) is 4.15. The Bertz CT molecular complexity index is 403. The number of rotatable bonds is 5. The smallest absolute Gasteiger partial charge is 0.322 e. The van der Waals surface area contributed by atoms with Crippen LogP contribution >= 0.6 is 0 Å². The van der Waals surface area contributed by atoms with Crippen molar-refractivity contribution < 1.29 is 9.18 Å². The molecular formula is C13H18FN3O. The standard InChI is InChI=1S/C13H18FN3O/c14-10-2-4-11(5-3-10)16-13(18)17(9-1-8-15)12-6-7-12/h2-5,12H,1,6-9,15H2,(H,16,18). The minimum atomic E-state index is -0.310. The van der Waals surface area contributed by atoms with Crippen LogP contribution in [0.5, 0.6) is 0 Å². The molecule has 1 aromatic carbocycles. The maximum atomic E-state index is 12.8. The third-order valence-corrected chi connectivity index (χ3v) is 2.95. The Morgan fingerprint density at radius 1 is 1.39 bits per heavy atom. The van der Waals surface area contributed by atoms with Crippen molar-refractivity contribution in [3.8, 4) is 0 Å². The molecule has 98 valence electrons. The normalized spacial score (nSPS) is 14.3. The maximum Gasteiger partial charge on any atom is 0.322 e. The molecule has 18 heavy (non-hydrogen) atoms. The number of benzene rings is 1. The Labute approximate surface area is 106 Å². The number of nitrogens with one attached hydrogen (secondary N) is 1. The van der Waals surface area contributed by atoms with Crippen LogP contribution in [0.25, 0.3) is 0 Å². The molecular weight excluding hydrogens is 233 g/mol. The second-order valence-electron chi connectivity index (χ2n) is 4.50. The van der Waals surface area contributed by atoms with Crippen molar-refractivity contribution in [2.45, 2.75) is 25.3 Å². The second kappa shape index (κ2) is 5.82. The van der Waals surface area contributed by atoms with Crippen molar-refractivity contribution in [1.29, 1.82) is 0 Å². The predicted molar refractivity (Wildman–Crippen MR) is 68.8 cm³/mol. The van der Waals surface area contributed by atoms with E-state index >= 15 is 0 Å². The van der Waals surface area contributed by atoms with Crippen LogP contribution in [-0.2, 0) is 0 Å². The van der Waals surface area contributed by atoms with Crippen molar-refractivity contribution >= 4 is 11.7 Å². The minimum absolute atomic E-state index is 0.127. The number of nitrogens with two attached hydrogens (primary N) is 1. The van der Waals surface area contributed by atoms with E-state index in [0.29, 0.717) is 24.8 Å². The van der Waals surface area contributed by atoms with E-state index in [4.69, 9.17) is 5.73 Å². The SMILES string of the molecule is NCCCN(C(=O)Nc1ccc(F)cc1)C1CC1. The predicted octanol–water partition coefficient (Wildman–Crippen LogP) is 2.17. The third kappa shape index (κ3) is 3.43. The number of amides is 2. The Hall–Kier alpha value is -1.62. The van der Waals surface area contributed by atoms with Crippen LogP contribution in [0.2, 0.25) is 0 Å². The number of hydrogen-bond acceptors (Lipinski definition) is 2. The maximum absolute atomic E-state index is 12.8. The van der Waals surface area contributed by atoms with E-state index in [1.165, 1.54) is 12.1 Å². The van der Waals surface area contributed by atoms with Gasteiger partial charge in [0.05, 0.1) is 0 Å². The monoisotopic (exact) mass is 251 g/mol. The molecule has 1 fully saturated rings. The molecule has 1 aliphatic carbocycles. The van der Waals surface area contributed by atoms with Gasteiger partial charge in [0.2, 0.25) is 0 Å². The van der Waals surface area contributed by atoms with E-state index in [9.17, 15) is 9.18 Å². The van der Waals surface area contributed by atoms with E-state index in [2.05, 4.69) is 5.32 Å². The zero-order valence-electron chi connectivity index (χ0n) is 10.2. The van der Waals surface area contributed by atoms with Crippen LogP contribution in [-0.4, -0.2) is 30.1 Å². The summed E-state index contributed by atoms with van der Waals surface area (Å²) >= 11 is 0. The van der Waals surface area contributed by atoms with Crippen LogP contribution < -0.4 is 11.1 Å². The summed E-state index contributed by atoms with van der Waals surface area (Å²) in [6.07, 6.45) is 2.91. The molecule has 0 unspecified atom stereocenters. The zero-order valence-corrected chi connectivity index (χ0v) is 10.2. The fourth-order valence-electron chi connectivity index (χ4n) is 1.83. The molecule has 1 aliphatic rings. The van der Waals surface area contributed by atoms with Crippen molar-refractivity contribution in [2.75, 3.05) is 18.4 Å². The van der Waals surface area contributed by atoms with Crippen LogP contribution in [0, 0.1) is 5.82 Å². The molecule has 3 N–H and O–H groups in total. The first-order chi connectivity index (χ1) is 8.70. The van der Waals surface area contributed by atoms with Crippen LogP contribution in [0.15, 0.2) is 24.3 Å². The highest BCUT2D eigenvalue weighted by Crippen LogP contribution is 2.27. The summed E-state index contributed by atoms with van der Waals surface area (Å²) in [6.45, 7) is 1.25. The van der Waals surface area contributed by atoms with Gasteiger partial charge in [-0.3, -0.25) is 0 Å². The molecule has 2 amide bonds. The van der Waals surface area contributed by atoms with Gasteiger partial charge in [-0.1, -0.05) is 0 Å². The molecule has 4 nitrogen and oxygen atoms in total. The average Bonchev–Trinajstić information content (AvgIpc) is 3.17. The van der Waals surface area contributed by atoms with E-state index in [1.807, 2.05) is 4.90 Å². The van der Waals surface area contributed by atoms with Crippen LogP contribution in [0.1, 0.15) is 19.3 Å². The van der Waals surface area contributed by atoms with Gasteiger partial charge < -0.3 is 16.0 Å². The molecule has 0 aromatic heterocycles. The Morgan fingerprint density at radius 3 is 2.61 bits per heavy atom. The number of urea groups is 1. The summed E-state index contributed by atoms with van der Waals surface area (Å²) < 4.78 is 12.8. The van der Waals surface area contributed by atoms with Gasteiger partial charge in [-0.2, -0.15) is 0 Å². The van der Waals surface area contributed by atoms with Crippen molar-refractivity contribution in [2.24, 2.45) is 5.73 Å². The lowest BCUT2D eigenvalue weighted by molar-refractivity contribution is 0.208. The first-order valence-electron chi connectivity index (χ1n) is 6.24. The number of nitrogens with zero attached hydrogens (tertiary/aromatic N) is 1. The Balaban J connectivity index is 1.93. The molecule has 1 aromatic rings. The quantitative estimate of drug-likeness (QED) is 0.842. The molecule has 0 radical (unpaired) electrons. The lowest BCUT2D eigenvalue weighted by Crippen LogP contribution is -2.38. The third-order valence-electron chi connectivity index (χ3n) is 2.95. The minimum Gasteiger partial charge on any atom is -0.330 e. The summed E-state index contributed by atoms with van der Waals surface area (Å²) in [5.41, 5.74) is 6.08. The molecule has 0 aliphatic heterocycles. The van der Waals surface area contributed by atoms with Crippen LogP contribution in [0.3, 0.4) is 0 Å². The van der Waals surface area contributed by atoms with Gasteiger partial charge in [-0.25, -0.2) is 9.18 Å². The van der Waals surface area contributed by atoms with Crippen molar-refractivity contribution in [3.05, 3.63) is 30.1 Å². The molecule has 0 bridgehead atoms. The number of halogens is 1. The summed E-state index contributed by atoms with van der Waals surface area (Å²) in [5, 5.41) is 2.78. The summed E-state index contributed by atoms with van der Waals surface area (Å²) in [7, 11) is 0. The largest absolute Gasteiger partial charge is 0.330 e. The fraction of sp³-hybridized carbons (Fsp3) is 0.462. The summed E-state index contributed by atoms with van der Waals surface area (Å²) in [4.78, 5) is 13.9. The molecule has 2 rings (SSSR count). The lowest BCUT2D eigenvalue weighted by atomic mass is 10.3. The van der Waals surface area contributed by atoms with Gasteiger partial charge >= 0.3 is 6.03 Å². The van der Waals surface area contributed by atoms with Crippen molar-refractivity contribution in [3.63, 3.8) is 0 Å². The number of hydrogen-bond donors (Lipinski definition) is 2. The van der Waals surface area contributed by atoms with E-state index in [0.717, 1.165) is 19.3 Å². The highest BCUT2D eigenvalue weighted by molar-refractivity contribution is 5.89. The van der Waals surface area contributed by atoms with Gasteiger partial charge in [0.15, 0.2) is 0 Å². The summed E-state index contributed by atoms with van der Waals surface area (Å²) in [6, 6.07) is 5.99. The average molecular weight is 251 g/mol. The zero-order chi connectivity index (χ0) is 13.0. The topological polar surface area (TPSA) is 58.4 Å². The molecule has 1 saturated carbocycles. The van der Waals surface area contributed by atoms with E-state index in [-0.39, 0.29) is 11.8 Å². The van der Waals surface area contributed by atoms with Gasteiger partial charge in [-0.15, -0.1) is 0 Å². The molecule has 0 saturated heterocycles. The van der Waals surface area contributed by atoms with Gasteiger partial charge in [0.1, 0.15) is 5.82 Å². The number of anilines is 1. The highest BCUT2D eigenvalue weighted by Gasteiger charge is 2.32. The Morgan fingerprint density at radius 2 is 2.06 bits per heavy atom. The first-order valence-corrected chi connectivity index (χ1v) is 6.24. The van der Waals surface area contributed by atoms with Gasteiger partial charge in [-0.05, 0) is 50.1 Å². The number of carbonyl (C=O) groups excluding carboxylic acids is 1. The van der Waals surface area contributed by atoms with E-state index < -0.39 is 0 Å². The molecule has 5 heteroatoms. The van der Waals surface area contributed by atoms with Crippen LogP contribution in [0.4, 0.5) is 14.9 Å². The van der Waals surface area contributed by atoms with E-state index in [1.54, 1.807) is 12.1 Å². The summed E-state index contributed by atoms with van der Waals surface area (Å²) in [5.74, 6) is -0.310. The molecule has 0 spiro atoms. The van der Waals surface area contributed by atoms with Gasteiger partial charge in [0.25, 0.3) is 0 Å². The highest BCUT2D eigenvalue weighted by atomic mass is 19.1. The first kappa shape index (κ1) is 12.8. The van der Waals surface area contributed by atoms with Gasteiger partial charge in [0, 0.05) is 18.3 Å². The van der Waals surface area contributed by atoms with Crippen molar-refractivity contribution in [1.82, 2.24) is 4.90 Å². The lowest BCUT2D eigenvalue weighted by Gasteiger charge is -2.22. The number of carbonyl (C=O) groups is 1. The fourth-order valence-corrected chi connectivity index (χ4v) is 1.83. The second-order valence-corrected chi connectivity index (χ2v) is 4.50. The molecule has 0 atom stereocenters. The molecule has 0 heterocycles.